The van der Waals surface area contributed by atoms with Crippen LogP contribution in [0.4, 0.5) is 0 Å². The Labute approximate surface area is 274 Å². The summed E-state index contributed by atoms with van der Waals surface area (Å²) in [6, 6.07) is 13.6. The lowest BCUT2D eigenvalue weighted by Crippen LogP contribution is -2.57. The van der Waals surface area contributed by atoms with E-state index in [1.54, 1.807) is 31.5 Å². The van der Waals surface area contributed by atoms with Gasteiger partial charge in [-0.15, -0.1) is 0 Å². The summed E-state index contributed by atoms with van der Waals surface area (Å²) in [4.78, 5) is 81.1. The lowest BCUT2D eigenvalue weighted by atomic mass is 9.93. The fourth-order valence-corrected chi connectivity index (χ4v) is 5.05. The molecular formula is C35H44N6O6. The molecule has 0 saturated heterocycles. The van der Waals surface area contributed by atoms with Gasteiger partial charge in [-0.25, -0.2) is 0 Å². The molecule has 0 saturated carbocycles. The second kappa shape index (κ2) is 17.5. The van der Waals surface area contributed by atoms with Crippen molar-refractivity contribution in [2.45, 2.75) is 71.5 Å². The third-order valence-corrected chi connectivity index (χ3v) is 7.81. The maximum Gasteiger partial charge on any atom is 0.290 e. The van der Waals surface area contributed by atoms with Crippen molar-refractivity contribution in [3.05, 3.63) is 78.1 Å². The largest absolute Gasteiger partial charge is 0.368 e. The summed E-state index contributed by atoms with van der Waals surface area (Å²) < 4.78 is 0. The summed E-state index contributed by atoms with van der Waals surface area (Å²) in [6.07, 6.45) is 4.08. The molecular weight excluding hydrogens is 600 g/mol. The number of nitrogens with zero attached hydrogens (tertiary/aromatic N) is 1. The van der Waals surface area contributed by atoms with Crippen LogP contribution in [0.2, 0.25) is 0 Å². The van der Waals surface area contributed by atoms with Crippen LogP contribution in [0.5, 0.6) is 0 Å². The first-order chi connectivity index (χ1) is 22.4. The molecule has 47 heavy (non-hydrogen) atoms. The maximum atomic E-state index is 13.4. The van der Waals surface area contributed by atoms with E-state index in [1.807, 2.05) is 63.2 Å². The van der Waals surface area contributed by atoms with E-state index < -0.39 is 60.0 Å². The van der Waals surface area contributed by atoms with Crippen LogP contribution in [0.25, 0.3) is 10.8 Å². The molecule has 0 spiro atoms. The molecule has 4 atom stereocenters. The van der Waals surface area contributed by atoms with Gasteiger partial charge in [0.15, 0.2) is 0 Å². The van der Waals surface area contributed by atoms with Gasteiger partial charge in [-0.2, -0.15) is 0 Å². The summed E-state index contributed by atoms with van der Waals surface area (Å²) in [5.41, 5.74) is 7.00. The van der Waals surface area contributed by atoms with Gasteiger partial charge in [-0.05, 0) is 46.2 Å². The highest BCUT2D eigenvalue weighted by molar-refractivity contribution is 6.38. The summed E-state index contributed by atoms with van der Waals surface area (Å²) in [5.74, 6) is -4.85. The van der Waals surface area contributed by atoms with Crippen LogP contribution in [-0.4, -0.2) is 65.0 Å². The van der Waals surface area contributed by atoms with Crippen LogP contribution in [0.3, 0.4) is 0 Å². The number of fused-ring (bicyclic) bond motifs is 1. The number of carbonyl (C=O) groups excluding carboxylic acids is 6. The molecule has 2 aromatic carbocycles. The second-order valence-electron chi connectivity index (χ2n) is 12.1. The molecule has 1 aromatic heterocycles. The fourth-order valence-electron chi connectivity index (χ4n) is 5.05. The predicted molar refractivity (Wildman–Crippen MR) is 178 cm³/mol. The minimum Gasteiger partial charge on any atom is -0.368 e. The molecule has 3 aromatic rings. The van der Waals surface area contributed by atoms with Gasteiger partial charge in [-0.3, -0.25) is 33.8 Å². The van der Waals surface area contributed by atoms with Crippen molar-refractivity contribution in [2.75, 3.05) is 6.54 Å². The molecule has 0 aliphatic heterocycles. The van der Waals surface area contributed by atoms with E-state index in [2.05, 4.69) is 26.3 Å². The number of ketones is 1. The van der Waals surface area contributed by atoms with Gasteiger partial charge in [0.25, 0.3) is 5.91 Å². The standard InChI is InChI=1S/C35H44N6O6/c1-5-22(4)31(41-34(46)28(15-21(2)3)40-29(42)18-24-9-8-14-37-19-24)32(44)35(47)38-20-30(43)39-27(33(36)45)17-23-12-13-25-10-6-7-11-26(25)16-23/h6-14,16,19,21-22,27-28,31H,5,15,17-18,20H2,1-4H3,(H2,36,45)(H,38,47)(H,39,43)(H,40,42)(H,41,46)/t22-,27-,28-,31?/m0/s1. The predicted octanol–water partition coefficient (Wildman–Crippen LogP) is 1.74. The van der Waals surface area contributed by atoms with E-state index in [4.69, 9.17) is 5.73 Å². The van der Waals surface area contributed by atoms with Crippen molar-refractivity contribution >= 4 is 46.1 Å². The monoisotopic (exact) mass is 644 g/mol. The number of hydrogen-bond acceptors (Lipinski definition) is 7. The van der Waals surface area contributed by atoms with Gasteiger partial charge in [0.05, 0.1) is 19.0 Å². The molecule has 0 fully saturated rings. The highest BCUT2D eigenvalue weighted by Gasteiger charge is 2.33. The first-order valence-electron chi connectivity index (χ1n) is 15.7. The zero-order valence-corrected chi connectivity index (χ0v) is 27.2. The molecule has 6 N–H and O–H groups in total. The topological polar surface area (TPSA) is 189 Å². The number of Topliss-reactive ketones (excluding diaryl/α,β-unsaturated/α-hetero) is 1. The number of rotatable bonds is 17. The Morgan fingerprint density at radius 2 is 1.51 bits per heavy atom. The molecule has 5 amide bonds. The number of primary amides is 1. The van der Waals surface area contributed by atoms with Crippen LogP contribution in [0.1, 0.15) is 51.7 Å². The first kappa shape index (κ1) is 36.3. The van der Waals surface area contributed by atoms with Gasteiger partial charge in [0.2, 0.25) is 29.4 Å². The Balaban J connectivity index is 1.60. The maximum absolute atomic E-state index is 13.4. The van der Waals surface area contributed by atoms with E-state index in [0.29, 0.717) is 18.4 Å². The van der Waals surface area contributed by atoms with Crippen molar-refractivity contribution in [1.82, 2.24) is 26.3 Å². The van der Waals surface area contributed by atoms with Crippen molar-refractivity contribution in [1.29, 1.82) is 0 Å². The van der Waals surface area contributed by atoms with Crippen molar-refractivity contribution in [3.63, 3.8) is 0 Å². The number of amides is 5. The minimum atomic E-state index is -1.20. The smallest absolute Gasteiger partial charge is 0.290 e. The third kappa shape index (κ3) is 11.3. The van der Waals surface area contributed by atoms with Crippen molar-refractivity contribution in [2.24, 2.45) is 17.6 Å². The molecule has 12 nitrogen and oxygen atoms in total. The number of nitrogens with one attached hydrogen (secondary N) is 4. The first-order valence-corrected chi connectivity index (χ1v) is 15.7. The number of hydrogen-bond donors (Lipinski definition) is 5. The average Bonchev–Trinajstić information content (AvgIpc) is 3.04. The number of nitrogens with two attached hydrogens (primary N) is 1. The van der Waals surface area contributed by atoms with E-state index in [-0.39, 0.29) is 24.7 Å². The Morgan fingerprint density at radius 3 is 2.15 bits per heavy atom. The highest BCUT2D eigenvalue weighted by Crippen LogP contribution is 2.17. The number of benzene rings is 2. The van der Waals surface area contributed by atoms with Crippen molar-refractivity contribution < 1.29 is 28.8 Å². The Bertz CT molecular complexity index is 1580. The molecule has 3 rings (SSSR count). The van der Waals surface area contributed by atoms with Crippen LogP contribution in [-0.2, 0) is 41.6 Å². The van der Waals surface area contributed by atoms with Gasteiger partial charge in [0, 0.05) is 18.8 Å². The molecule has 1 unspecified atom stereocenters. The Morgan fingerprint density at radius 1 is 0.809 bits per heavy atom. The fraction of sp³-hybridized carbons (Fsp3) is 0.400. The quantitative estimate of drug-likeness (QED) is 0.138. The molecule has 0 radical (unpaired) electrons. The average molecular weight is 645 g/mol. The molecule has 12 heteroatoms. The van der Waals surface area contributed by atoms with Gasteiger partial charge in [-0.1, -0.05) is 82.6 Å². The van der Waals surface area contributed by atoms with Gasteiger partial charge in [0.1, 0.15) is 12.1 Å². The second-order valence-corrected chi connectivity index (χ2v) is 12.1. The third-order valence-electron chi connectivity index (χ3n) is 7.81. The SMILES string of the molecule is CC[C@H](C)C(NC(=O)[C@H](CC(C)C)NC(=O)Cc1cccnc1)C(=O)C(=O)NCC(=O)N[C@@H](Cc1ccc2ccccc2c1)C(N)=O. The molecule has 250 valence electrons. The zero-order chi connectivity index (χ0) is 34.5. The van der Waals surface area contributed by atoms with Crippen molar-refractivity contribution in [3.8, 4) is 0 Å². The normalized spacial score (nSPS) is 13.6. The lowest BCUT2D eigenvalue weighted by molar-refractivity contribution is -0.142. The summed E-state index contributed by atoms with van der Waals surface area (Å²) in [5, 5.41) is 12.2. The van der Waals surface area contributed by atoms with Gasteiger partial charge >= 0.3 is 0 Å². The van der Waals surface area contributed by atoms with E-state index >= 15 is 0 Å². The molecule has 0 bridgehead atoms. The van der Waals surface area contributed by atoms with E-state index in [1.165, 1.54) is 0 Å². The zero-order valence-electron chi connectivity index (χ0n) is 27.2. The number of pyridine rings is 1. The summed E-state index contributed by atoms with van der Waals surface area (Å²) >= 11 is 0. The van der Waals surface area contributed by atoms with Crippen LogP contribution in [0, 0.1) is 11.8 Å². The van der Waals surface area contributed by atoms with E-state index in [9.17, 15) is 28.8 Å². The van der Waals surface area contributed by atoms with Crippen LogP contribution < -0.4 is 27.0 Å². The molecule has 1 heterocycles. The van der Waals surface area contributed by atoms with Gasteiger partial charge < -0.3 is 27.0 Å². The number of aromatic nitrogens is 1. The van der Waals surface area contributed by atoms with Crippen LogP contribution >= 0.6 is 0 Å². The Kier molecular flexibility index (Phi) is 13.6. The summed E-state index contributed by atoms with van der Waals surface area (Å²) in [7, 11) is 0. The number of carbonyl (C=O) groups is 6. The van der Waals surface area contributed by atoms with E-state index in [0.717, 1.165) is 16.3 Å². The lowest BCUT2D eigenvalue weighted by Gasteiger charge is -2.26. The minimum absolute atomic E-state index is 0.0206. The molecule has 0 aliphatic carbocycles. The summed E-state index contributed by atoms with van der Waals surface area (Å²) in [6.45, 7) is 6.73. The van der Waals surface area contributed by atoms with Crippen LogP contribution in [0.15, 0.2) is 67.0 Å². The Hall–Kier alpha value is -5.13. The molecule has 0 aliphatic rings. The highest BCUT2D eigenvalue weighted by atomic mass is 16.2.